The van der Waals surface area contributed by atoms with Crippen LogP contribution in [0.3, 0.4) is 0 Å². The second-order valence-electron chi connectivity index (χ2n) is 9.60. The fraction of sp³-hybridized carbons (Fsp3) is 0.423. The maximum atomic E-state index is 13.5. The van der Waals surface area contributed by atoms with Crippen LogP contribution < -0.4 is 20.3 Å². The average Bonchev–Trinajstić information content (AvgIpc) is 3.44. The first kappa shape index (κ1) is 22.1. The summed E-state index contributed by atoms with van der Waals surface area (Å²) in [7, 11) is 0. The van der Waals surface area contributed by atoms with Gasteiger partial charge >= 0.3 is 5.97 Å². The Hall–Kier alpha value is -3.43. The van der Waals surface area contributed by atoms with Gasteiger partial charge in [-0.25, -0.2) is 9.78 Å². The molecule has 9 nitrogen and oxygen atoms in total. The number of aromatic nitrogens is 2. The highest BCUT2D eigenvalue weighted by molar-refractivity contribution is 5.91. The molecule has 6 rings (SSSR count). The quantitative estimate of drug-likeness (QED) is 0.422. The van der Waals surface area contributed by atoms with Gasteiger partial charge in [0.05, 0.1) is 29.0 Å². The van der Waals surface area contributed by atoms with Gasteiger partial charge < -0.3 is 29.2 Å². The molecule has 0 fully saturated rings. The number of ether oxygens (including phenoxy) is 3. The van der Waals surface area contributed by atoms with Gasteiger partial charge in [0.15, 0.2) is 17.1 Å². The molecule has 9 heteroatoms. The minimum atomic E-state index is -1.85. The maximum absolute atomic E-state index is 13.5. The Morgan fingerprint density at radius 3 is 2.66 bits per heavy atom. The van der Waals surface area contributed by atoms with E-state index in [1.807, 2.05) is 12.1 Å². The Morgan fingerprint density at radius 1 is 1.14 bits per heavy atom. The average molecular weight is 478 g/mol. The Balaban J connectivity index is 1.58. The second-order valence-corrected chi connectivity index (χ2v) is 9.60. The number of rotatable bonds is 5. The van der Waals surface area contributed by atoms with Crippen molar-refractivity contribution in [2.45, 2.75) is 58.4 Å². The molecule has 3 aliphatic heterocycles. The number of nitrogens with one attached hydrogen (secondary N) is 1. The molecule has 5 heterocycles. The van der Waals surface area contributed by atoms with E-state index in [4.69, 9.17) is 19.2 Å². The highest BCUT2D eigenvalue weighted by Gasteiger charge is 2.45. The number of aliphatic hydroxyl groups is 1. The molecule has 0 bridgehead atoms. The van der Waals surface area contributed by atoms with Crippen molar-refractivity contribution in [1.29, 1.82) is 0 Å². The molecule has 0 spiro atoms. The third-order valence-corrected chi connectivity index (χ3v) is 7.23. The molecule has 1 unspecified atom stereocenters. The van der Waals surface area contributed by atoms with Gasteiger partial charge in [-0.05, 0) is 37.1 Å². The lowest BCUT2D eigenvalue weighted by molar-refractivity contribution is -0.172. The fourth-order valence-corrected chi connectivity index (χ4v) is 5.32. The van der Waals surface area contributed by atoms with E-state index in [2.05, 4.69) is 19.2 Å². The van der Waals surface area contributed by atoms with Crippen LogP contribution >= 0.6 is 0 Å². The normalized spacial score (nSPS) is 19.6. The molecule has 3 aliphatic rings. The number of nitrogens with zero attached hydrogens (tertiary/aromatic N) is 2. The second kappa shape index (κ2) is 7.79. The van der Waals surface area contributed by atoms with Crippen LogP contribution in [-0.2, 0) is 34.7 Å². The third kappa shape index (κ3) is 3.18. The van der Waals surface area contributed by atoms with Crippen LogP contribution in [0.2, 0.25) is 0 Å². The fourth-order valence-electron chi connectivity index (χ4n) is 5.32. The van der Waals surface area contributed by atoms with E-state index in [1.165, 1.54) is 0 Å². The molecule has 2 aromatic heterocycles. The van der Waals surface area contributed by atoms with Crippen molar-refractivity contribution < 1.29 is 24.1 Å². The topological polar surface area (TPSA) is 112 Å². The molecule has 0 saturated heterocycles. The number of carbonyl (C=O) groups is 1. The summed E-state index contributed by atoms with van der Waals surface area (Å²) in [5, 5.41) is 15.6. The summed E-state index contributed by atoms with van der Waals surface area (Å²) >= 11 is 0. The van der Waals surface area contributed by atoms with Crippen LogP contribution in [0.25, 0.3) is 22.3 Å². The van der Waals surface area contributed by atoms with Gasteiger partial charge in [-0.15, -0.1) is 0 Å². The lowest BCUT2D eigenvalue weighted by Crippen LogP contribution is -2.44. The Morgan fingerprint density at radius 2 is 1.91 bits per heavy atom. The molecule has 182 valence electrons. The molecule has 0 aliphatic carbocycles. The minimum absolute atomic E-state index is 0.106. The summed E-state index contributed by atoms with van der Waals surface area (Å²) < 4.78 is 18.1. The van der Waals surface area contributed by atoms with E-state index < -0.39 is 11.6 Å². The number of fused-ring (bicyclic) bond motifs is 6. The van der Waals surface area contributed by atoms with E-state index in [9.17, 15) is 14.7 Å². The Labute approximate surface area is 201 Å². The van der Waals surface area contributed by atoms with E-state index in [0.29, 0.717) is 46.6 Å². The zero-order valence-corrected chi connectivity index (χ0v) is 19.9. The predicted molar refractivity (Wildman–Crippen MR) is 127 cm³/mol. The molecule has 0 radical (unpaired) electrons. The lowest BCUT2D eigenvalue weighted by atomic mass is 9.86. The van der Waals surface area contributed by atoms with Gasteiger partial charge in [0.2, 0.25) is 6.79 Å². The number of pyridine rings is 2. The van der Waals surface area contributed by atoms with Gasteiger partial charge in [-0.2, -0.15) is 0 Å². The number of carbonyl (C=O) groups excluding carboxylic acids is 1. The summed E-state index contributed by atoms with van der Waals surface area (Å²) in [5.74, 6) is 0.596. The van der Waals surface area contributed by atoms with Gasteiger partial charge in [-0.1, -0.05) is 20.8 Å². The molecule has 0 amide bonds. The highest BCUT2D eigenvalue weighted by Crippen LogP contribution is 2.43. The largest absolute Gasteiger partial charge is 0.458 e. The molecular formula is C26H27N3O6. The van der Waals surface area contributed by atoms with Crippen LogP contribution in [0.5, 0.6) is 11.5 Å². The van der Waals surface area contributed by atoms with Crippen LogP contribution in [0.4, 0.5) is 0 Å². The SMILES string of the molecule is CCC1(O)C(=O)OCc2c1cc1n(c2=O)Cc2c-1nc1cc3c(cc1c2CCNC(C)C)OCO3. The zero-order chi connectivity index (χ0) is 24.5. The van der Waals surface area contributed by atoms with Crippen molar-refractivity contribution in [2.75, 3.05) is 13.3 Å². The summed E-state index contributed by atoms with van der Waals surface area (Å²) in [6.07, 6.45) is 0.845. The lowest BCUT2D eigenvalue weighted by Gasteiger charge is -2.31. The molecule has 3 aromatic rings. The smallest absolute Gasteiger partial charge is 0.343 e. The van der Waals surface area contributed by atoms with Crippen molar-refractivity contribution in [3.63, 3.8) is 0 Å². The third-order valence-electron chi connectivity index (χ3n) is 7.23. The molecule has 35 heavy (non-hydrogen) atoms. The van der Waals surface area contributed by atoms with Gasteiger partial charge in [0.25, 0.3) is 5.56 Å². The van der Waals surface area contributed by atoms with Crippen LogP contribution in [-0.4, -0.2) is 40.0 Å². The zero-order valence-electron chi connectivity index (χ0n) is 19.9. The first-order valence-electron chi connectivity index (χ1n) is 12.0. The van der Waals surface area contributed by atoms with E-state index in [-0.39, 0.29) is 25.4 Å². The van der Waals surface area contributed by atoms with Gasteiger partial charge in [0.1, 0.15) is 6.61 Å². The van der Waals surface area contributed by atoms with E-state index in [0.717, 1.165) is 35.0 Å². The monoisotopic (exact) mass is 477 g/mol. The van der Waals surface area contributed by atoms with Crippen molar-refractivity contribution in [3.05, 3.63) is 50.8 Å². The predicted octanol–water partition coefficient (Wildman–Crippen LogP) is 2.35. The number of hydrogen-bond donors (Lipinski definition) is 2. The molecule has 2 N–H and O–H groups in total. The molecule has 0 saturated carbocycles. The molecule has 1 atom stereocenters. The summed E-state index contributed by atoms with van der Waals surface area (Å²) in [6.45, 7) is 7.06. The molecular weight excluding hydrogens is 450 g/mol. The van der Waals surface area contributed by atoms with Gasteiger partial charge in [-0.3, -0.25) is 4.79 Å². The summed E-state index contributed by atoms with van der Waals surface area (Å²) in [4.78, 5) is 30.9. The first-order chi connectivity index (χ1) is 16.8. The van der Waals surface area contributed by atoms with Crippen LogP contribution in [0, 0.1) is 0 Å². The van der Waals surface area contributed by atoms with Gasteiger partial charge in [0, 0.05) is 28.6 Å². The number of hydrogen-bond acceptors (Lipinski definition) is 8. The standard InChI is InChI=1S/C26H27N3O6/c1-4-26(32)18-8-20-23-16(10-29(20)24(30)17(18)11-33-25(26)31)14(5-6-27-13(2)3)15-7-21-22(35-12-34-21)9-19(15)28-23/h7-9,13,27,32H,4-6,10-12H2,1-3H3. The minimum Gasteiger partial charge on any atom is -0.458 e. The number of benzene rings is 1. The number of cyclic esters (lactones) is 1. The number of esters is 1. The van der Waals surface area contributed by atoms with Crippen LogP contribution in [0.1, 0.15) is 49.4 Å². The van der Waals surface area contributed by atoms with Crippen molar-refractivity contribution in [2.24, 2.45) is 0 Å². The van der Waals surface area contributed by atoms with E-state index >= 15 is 0 Å². The van der Waals surface area contributed by atoms with E-state index in [1.54, 1.807) is 17.6 Å². The Bertz CT molecular complexity index is 1460. The molecule has 1 aromatic carbocycles. The maximum Gasteiger partial charge on any atom is 0.343 e. The van der Waals surface area contributed by atoms with Crippen molar-refractivity contribution in [1.82, 2.24) is 14.9 Å². The van der Waals surface area contributed by atoms with Crippen molar-refractivity contribution >= 4 is 16.9 Å². The van der Waals surface area contributed by atoms with Crippen molar-refractivity contribution in [3.8, 4) is 22.9 Å². The Kier molecular flexibility index (Phi) is 4.91. The summed E-state index contributed by atoms with van der Waals surface area (Å²) in [5.41, 5.74) is 2.61. The highest BCUT2D eigenvalue weighted by atomic mass is 16.7. The first-order valence-corrected chi connectivity index (χ1v) is 12.0. The summed E-state index contributed by atoms with van der Waals surface area (Å²) in [6, 6.07) is 5.92. The van der Waals surface area contributed by atoms with Crippen LogP contribution in [0.15, 0.2) is 23.0 Å².